The van der Waals surface area contributed by atoms with Crippen LogP contribution in [-0.4, -0.2) is 24.1 Å². The SMILES string of the molecule is CC.CC#CCCC/C=C\NC(=O)CNC(=O)OC(C)(C)C.CC(C)C. The van der Waals surface area contributed by atoms with Crippen LogP contribution in [0.2, 0.25) is 0 Å². The molecule has 2 amide bonds. The first-order valence-corrected chi connectivity index (χ1v) is 9.39. The van der Waals surface area contributed by atoms with Gasteiger partial charge in [0.25, 0.3) is 0 Å². The number of hydrogen-bond acceptors (Lipinski definition) is 3. The van der Waals surface area contributed by atoms with Crippen LogP contribution < -0.4 is 10.6 Å². The molecular formula is C21H40N2O3. The van der Waals surface area contributed by atoms with Crippen molar-refractivity contribution >= 4 is 12.0 Å². The third-order valence-electron chi connectivity index (χ3n) is 2.00. The van der Waals surface area contributed by atoms with Gasteiger partial charge >= 0.3 is 6.09 Å². The second-order valence-corrected chi connectivity index (χ2v) is 6.88. The average molecular weight is 369 g/mol. The maximum atomic E-state index is 11.4. The van der Waals surface area contributed by atoms with Crippen molar-refractivity contribution in [3.05, 3.63) is 12.3 Å². The van der Waals surface area contributed by atoms with Crippen LogP contribution in [-0.2, 0) is 9.53 Å². The summed E-state index contributed by atoms with van der Waals surface area (Å²) < 4.78 is 5.01. The molecule has 0 aromatic heterocycles. The molecule has 0 aliphatic heterocycles. The summed E-state index contributed by atoms with van der Waals surface area (Å²) >= 11 is 0. The van der Waals surface area contributed by atoms with Crippen molar-refractivity contribution in [3.8, 4) is 11.8 Å². The number of alkyl carbamates (subject to hydrolysis) is 1. The number of amides is 2. The second kappa shape index (κ2) is 19.4. The fraction of sp³-hybridized carbons (Fsp3) is 0.714. The summed E-state index contributed by atoms with van der Waals surface area (Å²) in [5.74, 6) is 6.33. The average Bonchev–Trinajstić information content (AvgIpc) is 2.52. The van der Waals surface area contributed by atoms with Gasteiger partial charge in [-0.05, 0) is 52.7 Å². The first-order chi connectivity index (χ1) is 12.1. The molecule has 0 fully saturated rings. The number of unbranched alkanes of at least 4 members (excludes halogenated alkanes) is 2. The first kappa shape index (κ1) is 28.8. The predicted molar refractivity (Wildman–Crippen MR) is 111 cm³/mol. The Kier molecular flexibility index (Phi) is 21.5. The molecule has 0 aromatic carbocycles. The Hall–Kier alpha value is -1.96. The summed E-state index contributed by atoms with van der Waals surface area (Å²) in [6.45, 7) is 17.5. The molecule has 0 atom stereocenters. The maximum Gasteiger partial charge on any atom is 0.408 e. The molecule has 5 heteroatoms. The number of rotatable bonds is 6. The lowest BCUT2D eigenvalue weighted by Gasteiger charge is -2.19. The van der Waals surface area contributed by atoms with Gasteiger partial charge in [-0.3, -0.25) is 4.79 Å². The minimum atomic E-state index is -0.602. The first-order valence-electron chi connectivity index (χ1n) is 9.39. The topological polar surface area (TPSA) is 67.4 Å². The second-order valence-electron chi connectivity index (χ2n) is 6.88. The van der Waals surface area contributed by atoms with Crippen molar-refractivity contribution in [3.63, 3.8) is 0 Å². The molecule has 0 rings (SSSR count). The predicted octanol–water partition coefficient (Wildman–Crippen LogP) is 5.02. The highest BCUT2D eigenvalue weighted by molar-refractivity contribution is 5.82. The molecule has 0 saturated carbocycles. The van der Waals surface area contributed by atoms with Gasteiger partial charge in [-0.15, -0.1) is 11.8 Å². The van der Waals surface area contributed by atoms with Gasteiger partial charge < -0.3 is 15.4 Å². The van der Waals surface area contributed by atoms with Crippen LogP contribution in [0.25, 0.3) is 0 Å². The third-order valence-corrected chi connectivity index (χ3v) is 2.00. The number of carbonyl (C=O) groups is 2. The van der Waals surface area contributed by atoms with E-state index >= 15 is 0 Å². The van der Waals surface area contributed by atoms with E-state index < -0.39 is 11.7 Å². The van der Waals surface area contributed by atoms with Crippen LogP contribution in [0.5, 0.6) is 0 Å². The van der Waals surface area contributed by atoms with Gasteiger partial charge in [0, 0.05) is 6.42 Å². The minimum Gasteiger partial charge on any atom is -0.444 e. The lowest BCUT2D eigenvalue weighted by Crippen LogP contribution is -2.38. The van der Waals surface area contributed by atoms with E-state index in [0.717, 1.165) is 25.2 Å². The number of hydrogen-bond donors (Lipinski definition) is 2. The minimum absolute atomic E-state index is 0.111. The van der Waals surface area contributed by atoms with Gasteiger partial charge in [-0.1, -0.05) is 40.7 Å². The van der Waals surface area contributed by atoms with Gasteiger partial charge in [0.15, 0.2) is 0 Å². The van der Waals surface area contributed by atoms with E-state index in [1.165, 1.54) is 0 Å². The molecular weight excluding hydrogens is 328 g/mol. The summed E-state index contributed by atoms with van der Waals surface area (Å²) in [6.07, 6.45) is 5.52. The fourth-order valence-electron chi connectivity index (χ4n) is 1.19. The van der Waals surface area contributed by atoms with Crippen molar-refractivity contribution in [1.82, 2.24) is 10.6 Å². The van der Waals surface area contributed by atoms with Gasteiger partial charge in [0.05, 0.1) is 0 Å². The number of allylic oxidation sites excluding steroid dienone is 1. The zero-order chi connectivity index (χ0) is 21.0. The largest absolute Gasteiger partial charge is 0.444 e. The molecule has 0 aliphatic carbocycles. The van der Waals surface area contributed by atoms with Crippen molar-refractivity contribution in [1.29, 1.82) is 0 Å². The quantitative estimate of drug-likeness (QED) is 0.511. The molecule has 0 aliphatic rings. The maximum absolute atomic E-state index is 11.4. The van der Waals surface area contributed by atoms with E-state index in [1.54, 1.807) is 27.0 Å². The summed E-state index contributed by atoms with van der Waals surface area (Å²) in [4.78, 5) is 22.7. The van der Waals surface area contributed by atoms with E-state index in [4.69, 9.17) is 4.74 Å². The Morgan fingerprint density at radius 1 is 1.15 bits per heavy atom. The zero-order valence-electron chi connectivity index (χ0n) is 18.3. The van der Waals surface area contributed by atoms with Crippen LogP contribution in [0.1, 0.15) is 81.6 Å². The van der Waals surface area contributed by atoms with Crippen molar-refractivity contribution in [2.45, 2.75) is 87.2 Å². The Labute approximate surface area is 161 Å². The number of carbonyl (C=O) groups excluding carboxylic acids is 2. The van der Waals surface area contributed by atoms with Crippen LogP contribution in [0.4, 0.5) is 4.79 Å². The molecule has 0 aromatic rings. The smallest absolute Gasteiger partial charge is 0.408 e. The monoisotopic (exact) mass is 368 g/mol. The van der Waals surface area contributed by atoms with Gasteiger partial charge in [-0.2, -0.15) is 0 Å². The van der Waals surface area contributed by atoms with Crippen molar-refractivity contribution in [2.24, 2.45) is 5.92 Å². The molecule has 26 heavy (non-hydrogen) atoms. The van der Waals surface area contributed by atoms with E-state index in [1.807, 2.05) is 26.8 Å². The van der Waals surface area contributed by atoms with E-state index in [9.17, 15) is 9.59 Å². The molecule has 0 saturated heterocycles. The highest BCUT2D eigenvalue weighted by Crippen LogP contribution is 2.05. The third kappa shape index (κ3) is 33.6. The zero-order valence-corrected chi connectivity index (χ0v) is 18.3. The summed E-state index contributed by atoms with van der Waals surface area (Å²) in [5, 5.41) is 4.95. The molecule has 0 heterocycles. The summed E-state index contributed by atoms with van der Waals surface area (Å²) in [5.41, 5.74) is -0.568. The van der Waals surface area contributed by atoms with E-state index in [-0.39, 0.29) is 12.5 Å². The van der Waals surface area contributed by atoms with Crippen LogP contribution in [0, 0.1) is 17.8 Å². The molecule has 2 N–H and O–H groups in total. The number of nitrogens with one attached hydrogen (secondary N) is 2. The Bertz CT molecular complexity index is 436. The van der Waals surface area contributed by atoms with Gasteiger partial charge in [0.2, 0.25) is 5.91 Å². The normalized spacial score (nSPS) is 9.77. The van der Waals surface area contributed by atoms with Crippen molar-refractivity contribution < 1.29 is 14.3 Å². The molecule has 0 unspecified atom stereocenters. The Balaban J connectivity index is -0.000000769. The van der Waals surface area contributed by atoms with E-state index in [0.29, 0.717) is 0 Å². The highest BCUT2D eigenvalue weighted by Gasteiger charge is 2.16. The lowest BCUT2D eigenvalue weighted by atomic mass is 10.2. The molecule has 0 bridgehead atoms. The lowest BCUT2D eigenvalue weighted by molar-refractivity contribution is -0.119. The fourth-order valence-corrected chi connectivity index (χ4v) is 1.19. The molecule has 0 radical (unpaired) electrons. The standard InChI is InChI=1S/C15H24N2O3.C4H10.C2H6/c1-5-6-7-8-9-10-11-16-13(18)12-17-14(19)20-15(2,3)4;1-4(2)3;1-2/h10-11H,7-9,12H2,1-4H3,(H,16,18)(H,17,19);4H,1-3H3;1-2H3/b11-10-;;. The van der Waals surface area contributed by atoms with Gasteiger partial charge in [0.1, 0.15) is 12.1 Å². The summed E-state index contributed by atoms with van der Waals surface area (Å²) in [7, 11) is 0. The Morgan fingerprint density at radius 3 is 2.15 bits per heavy atom. The highest BCUT2D eigenvalue weighted by atomic mass is 16.6. The van der Waals surface area contributed by atoms with Gasteiger partial charge in [-0.25, -0.2) is 4.79 Å². The summed E-state index contributed by atoms with van der Waals surface area (Å²) in [6, 6.07) is 0. The molecule has 0 spiro atoms. The Morgan fingerprint density at radius 2 is 1.69 bits per heavy atom. The van der Waals surface area contributed by atoms with E-state index in [2.05, 4.69) is 43.2 Å². The number of ether oxygens (including phenoxy) is 1. The molecule has 152 valence electrons. The van der Waals surface area contributed by atoms with Crippen LogP contribution in [0.15, 0.2) is 12.3 Å². The molecule has 5 nitrogen and oxygen atoms in total. The van der Waals surface area contributed by atoms with Crippen molar-refractivity contribution in [2.75, 3.05) is 6.54 Å². The van der Waals surface area contributed by atoms with Crippen LogP contribution >= 0.6 is 0 Å². The van der Waals surface area contributed by atoms with Crippen LogP contribution in [0.3, 0.4) is 0 Å².